The molecule has 0 heterocycles. The molecule has 0 aromatic rings. The highest BCUT2D eigenvalue weighted by Gasteiger charge is 2.29. The van der Waals surface area contributed by atoms with Gasteiger partial charge in [-0.05, 0) is 108 Å². The van der Waals surface area contributed by atoms with Crippen LogP contribution in [0.5, 0.6) is 0 Å². The molecule has 8 atom stereocenters. The van der Waals surface area contributed by atoms with E-state index in [9.17, 15) is 0 Å². The second-order valence-electron chi connectivity index (χ2n) is 12.1. The maximum atomic E-state index is 3.94. The Morgan fingerprint density at radius 3 is 2.16 bits per heavy atom. The second-order valence-corrected chi connectivity index (χ2v) is 12.1. The molecule has 1 fully saturated rings. The molecule has 0 aliphatic heterocycles. The summed E-state index contributed by atoms with van der Waals surface area (Å²) in [6, 6.07) is 1.53. The molecule has 0 aromatic carbocycles. The van der Waals surface area contributed by atoms with Gasteiger partial charge in [0.1, 0.15) is 0 Å². The highest BCUT2D eigenvalue weighted by molar-refractivity contribution is 4.84. The van der Waals surface area contributed by atoms with Gasteiger partial charge in [-0.25, -0.2) is 0 Å². The molecule has 1 saturated carbocycles. The number of unbranched alkanes of at least 4 members (excludes halogenated alkanes) is 1. The van der Waals surface area contributed by atoms with Crippen LogP contribution in [-0.4, -0.2) is 37.6 Å². The zero-order chi connectivity index (χ0) is 24.1. The molecule has 2 heteroatoms. The molecule has 0 saturated heterocycles. The topological polar surface area (TPSA) is 15.3 Å². The first-order valence-corrected chi connectivity index (χ1v) is 14.6. The summed E-state index contributed by atoms with van der Waals surface area (Å²) >= 11 is 0. The van der Waals surface area contributed by atoms with Gasteiger partial charge in [0.2, 0.25) is 0 Å². The molecular weight excluding hydrogens is 388 g/mol. The normalized spacial score (nSPS) is 24.9. The van der Waals surface area contributed by atoms with Crippen molar-refractivity contribution in [3.05, 3.63) is 0 Å². The van der Waals surface area contributed by atoms with Crippen LogP contribution >= 0.6 is 0 Å². The fourth-order valence-corrected chi connectivity index (χ4v) is 6.67. The monoisotopic (exact) mass is 450 g/mol. The molecule has 1 N–H and O–H groups in total. The van der Waals surface area contributed by atoms with Gasteiger partial charge in [-0.2, -0.15) is 0 Å². The fraction of sp³-hybridized carbons (Fsp3) is 1.00. The van der Waals surface area contributed by atoms with E-state index in [1.54, 1.807) is 0 Å². The summed E-state index contributed by atoms with van der Waals surface area (Å²) < 4.78 is 0. The van der Waals surface area contributed by atoms with Gasteiger partial charge in [0, 0.05) is 12.1 Å². The molecule has 0 amide bonds. The summed E-state index contributed by atoms with van der Waals surface area (Å²) in [5.74, 6) is 5.36. The van der Waals surface area contributed by atoms with E-state index in [2.05, 4.69) is 72.8 Å². The standard InChI is InChI=1S/C30H62N2/c1-10-15-24(5)30(26(7)21-29(12-3)32(8)9)16-13-14-19-31-28-18-17-27(22-28)25(6)20-23(4)11-2/h23-31H,10-22H2,1-9H3. The zero-order valence-corrected chi connectivity index (χ0v) is 23.8. The molecule has 8 unspecified atom stereocenters. The third-order valence-corrected chi connectivity index (χ3v) is 9.20. The van der Waals surface area contributed by atoms with Crippen LogP contribution in [0.4, 0.5) is 0 Å². The van der Waals surface area contributed by atoms with E-state index < -0.39 is 0 Å². The number of hydrogen-bond acceptors (Lipinski definition) is 2. The lowest BCUT2D eigenvalue weighted by atomic mass is 9.75. The number of rotatable bonds is 18. The van der Waals surface area contributed by atoms with Crippen molar-refractivity contribution < 1.29 is 0 Å². The van der Waals surface area contributed by atoms with Crippen molar-refractivity contribution in [2.45, 2.75) is 138 Å². The van der Waals surface area contributed by atoms with Crippen molar-refractivity contribution in [1.29, 1.82) is 0 Å². The predicted molar refractivity (Wildman–Crippen MR) is 145 cm³/mol. The van der Waals surface area contributed by atoms with E-state index in [0.717, 1.165) is 47.6 Å². The van der Waals surface area contributed by atoms with Crippen molar-refractivity contribution in [2.24, 2.45) is 35.5 Å². The van der Waals surface area contributed by atoms with Crippen LogP contribution in [-0.2, 0) is 0 Å². The number of nitrogens with one attached hydrogen (secondary N) is 1. The van der Waals surface area contributed by atoms with Gasteiger partial charge < -0.3 is 10.2 Å². The molecule has 1 aliphatic rings. The minimum absolute atomic E-state index is 0.737. The Hall–Kier alpha value is -0.0800. The summed E-state index contributed by atoms with van der Waals surface area (Å²) in [5.41, 5.74) is 0. The quantitative estimate of drug-likeness (QED) is 0.211. The molecule has 32 heavy (non-hydrogen) atoms. The summed E-state index contributed by atoms with van der Waals surface area (Å²) in [6.45, 7) is 18.3. The van der Waals surface area contributed by atoms with Crippen LogP contribution in [0.3, 0.4) is 0 Å². The van der Waals surface area contributed by atoms with Gasteiger partial charge in [0.25, 0.3) is 0 Å². The van der Waals surface area contributed by atoms with Crippen LogP contribution in [0.1, 0.15) is 126 Å². The molecule has 0 spiro atoms. The average molecular weight is 451 g/mol. The van der Waals surface area contributed by atoms with E-state index >= 15 is 0 Å². The van der Waals surface area contributed by atoms with Gasteiger partial charge in [-0.15, -0.1) is 0 Å². The molecule has 192 valence electrons. The Morgan fingerprint density at radius 1 is 0.844 bits per heavy atom. The SMILES string of the molecule is CCCC(C)C(CCCCNC1CCC(C(C)CC(C)CC)C1)C(C)CC(CC)N(C)C. The second kappa shape index (κ2) is 16.5. The van der Waals surface area contributed by atoms with Crippen molar-refractivity contribution in [1.82, 2.24) is 10.2 Å². The van der Waals surface area contributed by atoms with E-state index in [4.69, 9.17) is 0 Å². The minimum atomic E-state index is 0.737. The third kappa shape index (κ3) is 10.9. The largest absolute Gasteiger partial charge is 0.314 e. The number of hydrogen-bond donors (Lipinski definition) is 1. The van der Waals surface area contributed by atoms with E-state index in [0.29, 0.717) is 0 Å². The lowest BCUT2D eigenvalue weighted by Crippen LogP contribution is -2.32. The van der Waals surface area contributed by atoms with Gasteiger partial charge in [-0.1, -0.05) is 74.1 Å². The summed E-state index contributed by atoms with van der Waals surface area (Å²) in [4.78, 5) is 2.45. The van der Waals surface area contributed by atoms with E-state index in [-0.39, 0.29) is 0 Å². The molecule has 0 radical (unpaired) electrons. The van der Waals surface area contributed by atoms with Crippen molar-refractivity contribution in [3.63, 3.8) is 0 Å². The van der Waals surface area contributed by atoms with Crippen molar-refractivity contribution in [2.75, 3.05) is 20.6 Å². The molecule has 1 rings (SSSR count). The van der Waals surface area contributed by atoms with Crippen LogP contribution in [0.2, 0.25) is 0 Å². The van der Waals surface area contributed by atoms with Gasteiger partial charge >= 0.3 is 0 Å². The average Bonchev–Trinajstić information content (AvgIpc) is 3.23. The minimum Gasteiger partial charge on any atom is -0.314 e. The van der Waals surface area contributed by atoms with Gasteiger partial charge in [-0.3, -0.25) is 0 Å². The van der Waals surface area contributed by atoms with Crippen LogP contribution in [0, 0.1) is 35.5 Å². The molecule has 2 nitrogen and oxygen atoms in total. The Kier molecular flexibility index (Phi) is 15.5. The molecule has 0 bridgehead atoms. The van der Waals surface area contributed by atoms with Crippen LogP contribution in [0.25, 0.3) is 0 Å². The van der Waals surface area contributed by atoms with E-state index in [1.807, 2.05) is 0 Å². The van der Waals surface area contributed by atoms with Crippen molar-refractivity contribution in [3.8, 4) is 0 Å². The highest BCUT2D eigenvalue weighted by Crippen LogP contribution is 2.36. The highest BCUT2D eigenvalue weighted by atomic mass is 15.1. The summed E-state index contributed by atoms with van der Waals surface area (Å²) in [7, 11) is 4.52. The predicted octanol–water partition coefficient (Wildman–Crippen LogP) is 8.41. The smallest absolute Gasteiger partial charge is 0.00891 e. The Bertz CT molecular complexity index is 448. The van der Waals surface area contributed by atoms with Gasteiger partial charge in [0.15, 0.2) is 0 Å². The zero-order valence-electron chi connectivity index (χ0n) is 23.8. The number of nitrogens with zero attached hydrogens (tertiary/aromatic N) is 1. The molecule has 0 aromatic heterocycles. The first-order valence-electron chi connectivity index (χ1n) is 14.6. The summed E-state index contributed by atoms with van der Waals surface area (Å²) in [6.07, 6.45) is 16.6. The van der Waals surface area contributed by atoms with Crippen molar-refractivity contribution >= 4 is 0 Å². The first-order chi connectivity index (χ1) is 15.2. The van der Waals surface area contributed by atoms with Gasteiger partial charge in [0.05, 0.1) is 0 Å². The molecular formula is C30H62N2. The first kappa shape index (κ1) is 30.0. The van der Waals surface area contributed by atoms with E-state index in [1.165, 1.54) is 83.6 Å². The Labute approximate surface area is 204 Å². The summed E-state index contributed by atoms with van der Waals surface area (Å²) in [5, 5.41) is 3.94. The molecule has 1 aliphatic carbocycles. The van der Waals surface area contributed by atoms with Crippen LogP contribution < -0.4 is 5.32 Å². The van der Waals surface area contributed by atoms with Crippen LogP contribution in [0.15, 0.2) is 0 Å². The fourth-order valence-electron chi connectivity index (χ4n) is 6.67. The third-order valence-electron chi connectivity index (χ3n) is 9.20. The lowest BCUT2D eigenvalue weighted by Gasteiger charge is -2.34. The maximum Gasteiger partial charge on any atom is 0.00891 e. The Morgan fingerprint density at radius 2 is 1.56 bits per heavy atom. The maximum absolute atomic E-state index is 3.94. The lowest BCUT2D eigenvalue weighted by molar-refractivity contribution is 0.162. The Balaban J connectivity index is 2.38.